The zero-order valence-corrected chi connectivity index (χ0v) is 10.5. The van der Waals surface area contributed by atoms with Crippen molar-refractivity contribution in [3.8, 4) is 0 Å². The van der Waals surface area contributed by atoms with Crippen LogP contribution >= 0.6 is 0 Å². The quantitative estimate of drug-likeness (QED) is 0.782. The minimum absolute atomic E-state index is 0.0630. The monoisotopic (exact) mass is 231 g/mol. The standard InChI is InChI=1S/C14H17NO2/c1-9-4-5-11-10(8-14(17)15(2)3)7-13(16)12(11)6-9/h4-6,10H,7-8H2,1-3H3. The molecule has 1 aliphatic rings. The van der Waals surface area contributed by atoms with Crippen molar-refractivity contribution in [2.75, 3.05) is 14.1 Å². The SMILES string of the molecule is Cc1ccc2c(c1)C(=O)CC2CC(=O)N(C)C. The second kappa shape index (κ2) is 4.32. The first kappa shape index (κ1) is 11.8. The Kier molecular flexibility index (Phi) is 3.01. The summed E-state index contributed by atoms with van der Waals surface area (Å²) in [5.74, 6) is 0.310. The molecular weight excluding hydrogens is 214 g/mol. The number of benzene rings is 1. The van der Waals surface area contributed by atoms with Crippen molar-refractivity contribution < 1.29 is 9.59 Å². The number of ketones is 1. The summed E-state index contributed by atoms with van der Waals surface area (Å²) >= 11 is 0. The fourth-order valence-corrected chi connectivity index (χ4v) is 2.29. The third-order valence-corrected chi connectivity index (χ3v) is 3.30. The summed E-state index contributed by atoms with van der Waals surface area (Å²) in [7, 11) is 3.49. The van der Waals surface area contributed by atoms with Gasteiger partial charge in [-0.3, -0.25) is 9.59 Å². The summed E-state index contributed by atoms with van der Waals surface area (Å²) in [6.45, 7) is 1.98. The summed E-state index contributed by atoms with van der Waals surface area (Å²) in [5, 5.41) is 0. The maximum absolute atomic E-state index is 11.9. The average Bonchev–Trinajstić information content (AvgIpc) is 2.55. The highest BCUT2D eigenvalue weighted by atomic mass is 16.2. The fraction of sp³-hybridized carbons (Fsp3) is 0.429. The maximum Gasteiger partial charge on any atom is 0.222 e. The molecule has 1 unspecified atom stereocenters. The Hall–Kier alpha value is -1.64. The number of carbonyl (C=O) groups is 2. The molecule has 0 saturated carbocycles. The van der Waals surface area contributed by atoms with Gasteiger partial charge in [0.1, 0.15) is 0 Å². The predicted molar refractivity (Wildman–Crippen MR) is 66.2 cm³/mol. The van der Waals surface area contributed by atoms with Crippen LogP contribution in [0.1, 0.15) is 40.2 Å². The van der Waals surface area contributed by atoms with Crippen LogP contribution in [0.25, 0.3) is 0 Å². The third kappa shape index (κ3) is 2.23. The number of nitrogens with zero attached hydrogens (tertiary/aromatic N) is 1. The molecule has 3 nitrogen and oxygen atoms in total. The van der Waals surface area contributed by atoms with Gasteiger partial charge in [0.2, 0.25) is 5.91 Å². The van der Waals surface area contributed by atoms with E-state index in [1.54, 1.807) is 19.0 Å². The minimum atomic E-state index is 0.0630. The number of aryl methyl sites for hydroxylation is 1. The van der Waals surface area contributed by atoms with Gasteiger partial charge in [-0.15, -0.1) is 0 Å². The highest BCUT2D eigenvalue weighted by molar-refractivity contribution is 6.02. The maximum atomic E-state index is 11.9. The summed E-state index contributed by atoms with van der Waals surface area (Å²) in [5.41, 5.74) is 2.94. The highest BCUT2D eigenvalue weighted by Crippen LogP contribution is 2.36. The molecule has 0 aliphatic heterocycles. The molecule has 1 aromatic rings. The fourth-order valence-electron chi connectivity index (χ4n) is 2.29. The van der Waals surface area contributed by atoms with Crippen LogP contribution in [-0.4, -0.2) is 30.7 Å². The van der Waals surface area contributed by atoms with Crippen molar-refractivity contribution in [2.45, 2.75) is 25.7 Å². The average molecular weight is 231 g/mol. The summed E-state index contributed by atoms with van der Waals surface area (Å²) in [6.07, 6.45) is 0.896. The molecule has 0 aromatic heterocycles. The Bertz CT molecular complexity index is 477. The first-order chi connectivity index (χ1) is 7.99. The van der Waals surface area contributed by atoms with Crippen LogP contribution in [-0.2, 0) is 4.79 Å². The zero-order chi connectivity index (χ0) is 12.6. The molecule has 90 valence electrons. The van der Waals surface area contributed by atoms with E-state index in [0.717, 1.165) is 16.7 Å². The molecule has 1 amide bonds. The first-order valence-corrected chi connectivity index (χ1v) is 5.83. The summed E-state index contributed by atoms with van der Waals surface area (Å²) in [6, 6.07) is 5.92. The van der Waals surface area contributed by atoms with E-state index < -0.39 is 0 Å². The lowest BCUT2D eigenvalue weighted by molar-refractivity contribution is -0.129. The lowest BCUT2D eigenvalue weighted by atomic mass is 9.96. The van der Waals surface area contributed by atoms with Crippen molar-refractivity contribution in [1.82, 2.24) is 4.90 Å². The second-order valence-electron chi connectivity index (χ2n) is 4.91. The van der Waals surface area contributed by atoms with Crippen molar-refractivity contribution >= 4 is 11.7 Å². The van der Waals surface area contributed by atoms with Crippen LogP contribution in [0, 0.1) is 6.92 Å². The molecule has 0 bridgehead atoms. The van der Waals surface area contributed by atoms with Gasteiger partial charge >= 0.3 is 0 Å². The van der Waals surface area contributed by atoms with Crippen LogP contribution in [0.2, 0.25) is 0 Å². The molecule has 17 heavy (non-hydrogen) atoms. The first-order valence-electron chi connectivity index (χ1n) is 5.83. The molecule has 1 atom stereocenters. The van der Waals surface area contributed by atoms with Gasteiger partial charge in [-0.05, 0) is 18.6 Å². The van der Waals surface area contributed by atoms with E-state index in [0.29, 0.717) is 12.8 Å². The van der Waals surface area contributed by atoms with Gasteiger partial charge in [0.05, 0.1) is 0 Å². The molecule has 0 saturated heterocycles. The summed E-state index contributed by atoms with van der Waals surface area (Å²) in [4.78, 5) is 25.1. The van der Waals surface area contributed by atoms with E-state index in [9.17, 15) is 9.59 Å². The van der Waals surface area contributed by atoms with Crippen LogP contribution in [0.3, 0.4) is 0 Å². The second-order valence-corrected chi connectivity index (χ2v) is 4.91. The van der Waals surface area contributed by atoms with E-state index in [1.807, 2.05) is 25.1 Å². The zero-order valence-electron chi connectivity index (χ0n) is 10.5. The molecule has 0 N–H and O–H groups in total. The minimum Gasteiger partial charge on any atom is -0.349 e. The Labute approximate surface area is 101 Å². The Morgan fingerprint density at radius 1 is 1.41 bits per heavy atom. The van der Waals surface area contributed by atoms with Gasteiger partial charge in [0, 0.05) is 38.4 Å². The van der Waals surface area contributed by atoms with Crippen molar-refractivity contribution in [3.63, 3.8) is 0 Å². The molecule has 2 rings (SSSR count). The van der Waals surface area contributed by atoms with Crippen LogP contribution in [0.4, 0.5) is 0 Å². The third-order valence-electron chi connectivity index (χ3n) is 3.30. The van der Waals surface area contributed by atoms with Gasteiger partial charge in [-0.2, -0.15) is 0 Å². The van der Waals surface area contributed by atoms with E-state index in [1.165, 1.54) is 0 Å². The number of hydrogen-bond donors (Lipinski definition) is 0. The molecule has 0 fully saturated rings. The Balaban J connectivity index is 2.25. The van der Waals surface area contributed by atoms with E-state index >= 15 is 0 Å². The number of amides is 1. The Morgan fingerprint density at radius 3 is 2.76 bits per heavy atom. The van der Waals surface area contributed by atoms with Crippen LogP contribution < -0.4 is 0 Å². The van der Waals surface area contributed by atoms with Gasteiger partial charge < -0.3 is 4.90 Å². The number of carbonyl (C=O) groups excluding carboxylic acids is 2. The molecule has 0 spiro atoms. The van der Waals surface area contributed by atoms with Gasteiger partial charge in [0.25, 0.3) is 0 Å². The normalized spacial score (nSPS) is 18.1. The van der Waals surface area contributed by atoms with Crippen LogP contribution in [0.5, 0.6) is 0 Å². The van der Waals surface area contributed by atoms with Crippen molar-refractivity contribution in [2.24, 2.45) is 0 Å². The number of hydrogen-bond acceptors (Lipinski definition) is 2. The lowest BCUT2D eigenvalue weighted by Gasteiger charge is -2.14. The van der Waals surface area contributed by atoms with Gasteiger partial charge in [-0.25, -0.2) is 0 Å². The van der Waals surface area contributed by atoms with Crippen molar-refractivity contribution in [3.05, 3.63) is 34.9 Å². The molecule has 3 heteroatoms. The van der Waals surface area contributed by atoms with Crippen LogP contribution in [0.15, 0.2) is 18.2 Å². The number of Topliss-reactive ketones (excluding diaryl/α,β-unsaturated/α-hetero) is 1. The molecule has 0 heterocycles. The number of rotatable bonds is 2. The largest absolute Gasteiger partial charge is 0.349 e. The van der Waals surface area contributed by atoms with E-state index in [4.69, 9.17) is 0 Å². The molecule has 0 radical (unpaired) electrons. The number of fused-ring (bicyclic) bond motifs is 1. The van der Waals surface area contributed by atoms with Gasteiger partial charge in [-0.1, -0.05) is 17.7 Å². The van der Waals surface area contributed by atoms with E-state index in [2.05, 4.69) is 0 Å². The predicted octanol–water partition coefficient (Wildman–Crippen LogP) is 2.14. The van der Waals surface area contributed by atoms with E-state index in [-0.39, 0.29) is 17.6 Å². The Morgan fingerprint density at radius 2 is 2.12 bits per heavy atom. The summed E-state index contributed by atoms with van der Waals surface area (Å²) < 4.78 is 0. The molecular formula is C14H17NO2. The highest BCUT2D eigenvalue weighted by Gasteiger charge is 2.30. The molecule has 1 aromatic carbocycles. The van der Waals surface area contributed by atoms with Gasteiger partial charge in [0.15, 0.2) is 5.78 Å². The molecule has 1 aliphatic carbocycles. The smallest absolute Gasteiger partial charge is 0.222 e. The van der Waals surface area contributed by atoms with Crippen molar-refractivity contribution in [1.29, 1.82) is 0 Å². The topological polar surface area (TPSA) is 37.4 Å². The lowest BCUT2D eigenvalue weighted by Crippen LogP contribution is -2.23.